The summed E-state index contributed by atoms with van der Waals surface area (Å²) in [6.07, 6.45) is -0.104. The molecule has 0 aliphatic heterocycles. The molecular weight excluding hydrogens is 140 g/mol. The van der Waals surface area contributed by atoms with Crippen LogP contribution in [0.25, 0.3) is 0 Å². The molecule has 6 nitrogen and oxygen atoms in total. The molecule has 58 valence electrons. The van der Waals surface area contributed by atoms with Crippen molar-refractivity contribution in [1.29, 1.82) is 0 Å². The Morgan fingerprint density at radius 2 is 1.60 bits per heavy atom. The molecule has 0 aliphatic rings. The first-order chi connectivity index (χ1) is 4.45. The summed E-state index contributed by atoms with van der Waals surface area (Å²) in [6.45, 7) is 2.40. The van der Waals surface area contributed by atoms with Gasteiger partial charge in [-0.2, -0.15) is 0 Å². The summed E-state index contributed by atoms with van der Waals surface area (Å²) in [4.78, 5) is 18.4. The summed E-state index contributed by atoms with van der Waals surface area (Å²) in [5.41, 5.74) is -2.01. The van der Waals surface area contributed by atoms with Crippen molar-refractivity contribution in [2.24, 2.45) is 0 Å². The third-order valence-corrected chi connectivity index (χ3v) is 1.46. The monoisotopic (exact) mass is 148 g/mol. The normalized spacial score (nSPS) is 11.0. The van der Waals surface area contributed by atoms with E-state index in [1.165, 1.54) is 6.92 Å². The topological polar surface area (TPSA) is 86.3 Å². The third-order valence-electron chi connectivity index (χ3n) is 1.46. The highest BCUT2D eigenvalue weighted by Gasteiger charge is 2.48. The Morgan fingerprint density at radius 1 is 1.30 bits per heavy atom. The van der Waals surface area contributed by atoms with Gasteiger partial charge in [-0.3, -0.25) is 20.2 Å². The molecule has 0 fully saturated rings. The fourth-order valence-corrected chi connectivity index (χ4v) is 0.325. The van der Waals surface area contributed by atoms with Crippen molar-refractivity contribution >= 4 is 0 Å². The molecule has 10 heavy (non-hydrogen) atoms. The Hall–Kier alpha value is -1.20. The molecule has 0 amide bonds. The van der Waals surface area contributed by atoms with Crippen LogP contribution in [0, 0.1) is 20.2 Å². The summed E-state index contributed by atoms with van der Waals surface area (Å²) in [6, 6.07) is 0. The highest BCUT2D eigenvalue weighted by atomic mass is 16.7. The molecule has 0 N–H and O–H groups in total. The lowest BCUT2D eigenvalue weighted by atomic mass is 10.2. The summed E-state index contributed by atoms with van der Waals surface area (Å²) < 4.78 is 0. The fraction of sp³-hybridized carbons (Fsp3) is 1.00. The summed E-state index contributed by atoms with van der Waals surface area (Å²) in [7, 11) is 0. The zero-order valence-corrected chi connectivity index (χ0v) is 5.73. The van der Waals surface area contributed by atoms with E-state index in [-0.39, 0.29) is 6.42 Å². The van der Waals surface area contributed by atoms with Gasteiger partial charge >= 0.3 is 5.66 Å². The van der Waals surface area contributed by atoms with Crippen LogP contribution >= 0.6 is 0 Å². The van der Waals surface area contributed by atoms with E-state index in [4.69, 9.17) is 0 Å². The van der Waals surface area contributed by atoms with Crippen LogP contribution in [0.5, 0.6) is 0 Å². The summed E-state index contributed by atoms with van der Waals surface area (Å²) >= 11 is 0. The highest BCUT2D eigenvalue weighted by molar-refractivity contribution is 4.54. The fourth-order valence-electron chi connectivity index (χ4n) is 0.325. The van der Waals surface area contributed by atoms with E-state index < -0.39 is 15.5 Å². The molecule has 0 saturated heterocycles. The molecule has 0 rings (SSSR count). The van der Waals surface area contributed by atoms with Crippen LogP contribution in [0.3, 0.4) is 0 Å². The van der Waals surface area contributed by atoms with Gasteiger partial charge in [-0.25, -0.2) is 0 Å². The van der Waals surface area contributed by atoms with E-state index in [2.05, 4.69) is 0 Å². The first-order valence-corrected chi connectivity index (χ1v) is 2.74. The number of nitrogens with zero attached hydrogens (tertiary/aromatic N) is 2. The van der Waals surface area contributed by atoms with Crippen molar-refractivity contribution < 1.29 is 9.85 Å². The van der Waals surface area contributed by atoms with Gasteiger partial charge in [-0.1, -0.05) is 6.92 Å². The molecule has 0 heterocycles. The van der Waals surface area contributed by atoms with Gasteiger partial charge in [0.1, 0.15) is 0 Å². The van der Waals surface area contributed by atoms with Crippen LogP contribution in [0.4, 0.5) is 0 Å². The maximum absolute atomic E-state index is 10.1. The molecule has 0 unspecified atom stereocenters. The van der Waals surface area contributed by atoms with E-state index in [9.17, 15) is 20.2 Å². The molecule has 6 heteroatoms. The number of rotatable bonds is 3. The van der Waals surface area contributed by atoms with Crippen LogP contribution in [-0.4, -0.2) is 15.5 Å². The maximum atomic E-state index is 10.1. The van der Waals surface area contributed by atoms with Crippen molar-refractivity contribution in [2.75, 3.05) is 0 Å². The van der Waals surface area contributed by atoms with Gasteiger partial charge in [-0.15, -0.1) is 0 Å². The molecular formula is C4H8N2O4. The molecule has 0 aliphatic carbocycles. The molecule has 0 saturated carbocycles. The molecule has 0 atom stereocenters. The van der Waals surface area contributed by atoms with Crippen LogP contribution in [-0.2, 0) is 0 Å². The van der Waals surface area contributed by atoms with E-state index >= 15 is 0 Å². The first-order valence-electron chi connectivity index (χ1n) is 2.74. The average molecular weight is 148 g/mol. The van der Waals surface area contributed by atoms with Crippen molar-refractivity contribution in [1.82, 2.24) is 0 Å². The van der Waals surface area contributed by atoms with E-state index in [1.54, 1.807) is 0 Å². The molecule has 0 spiro atoms. The van der Waals surface area contributed by atoms with Gasteiger partial charge in [0.2, 0.25) is 0 Å². The van der Waals surface area contributed by atoms with Gasteiger partial charge < -0.3 is 0 Å². The van der Waals surface area contributed by atoms with Gasteiger partial charge in [-0.05, 0) is 0 Å². The maximum Gasteiger partial charge on any atom is 0.455 e. The minimum absolute atomic E-state index is 0.104. The van der Waals surface area contributed by atoms with Gasteiger partial charge in [0.25, 0.3) is 0 Å². The minimum Gasteiger partial charge on any atom is -0.258 e. The van der Waals surface area contributed by atoms with Gasteiger partial charge in [0.15, 0.2) is 0 Å². The second-order valence-electron chi connectivity index (χ2n) is 2.08. The lowest BCUT2D eigenvalue weighted by molar-refractivity contribution is -0.792. The lowest BCUT2D eigenvalue weighted by Gasteiger charge is -2.08. The van der Waals surface area contributed by atoms with Crippen LogP contribution in [0.1, 0.15) is 20.3 Å². The highest BCUT2D eigenvalue weighted by Crippen LogP contribution is 2.13. The minimum atomic E-state index is -2.01. The summed E-state index contributed by atoms with van der Waals surface area (Å²) in [5, 5.41) is 20.1. The van der Waals surface area contributed by atoms with Crippen LogP contribution < -0.4 is 0 Å². The molecule has 0 aromatic carbocycles. The zero-order valence-electron chi connectivity index (χ0n) is 5.73. The number of nitro groups is 2. The predicted octanol–water partition coefficient (Wildman–Crippen LogP) is 0.666. The quantitative estimate of drug-likeness (QED) is 0.334. The predicted molar refractivity (Wildman–Crippen MR) is 32.7 cm³/mol. The smallest absolute Gasteiger partial charge is 0.258 e. The summed E-state index contributed by atoms with van der Waals surface area (Å²) in [5.74, 6) is 0. The van der Waals surface area contributed by atoms with E-state index in [1.807, 2.05) is 0 Å². The van der Waals surface area contributed by atoms with Gasteiger partial charge in [0, 0.05) is 0 Å². The Bertz CT molecular complexity index is 153. The number of hydrogen-bond acceptors (Lipinski definition) is 4. The van der Waals surface area contributed by atoms with Crippen LogP contribution in [0.15, 0.2) is 0 Å². The van der Waals surface area contributed by atoms with Crippen molar-refractivity contribution in [3.8, 4) is 0 Å². The standard InChI is InChI=1S/C4H8N2O4/c1-3-4(2,5(7)8)6(9)10/h3H2,1-2H3. The van der Waals surface area contributed by atoms with Crippen molar-refractivity contribution in [2.45, 2.75) is 25.9 Å². The average Bonchev–Trinajstić information content (AvgIpc) is 1.85. The van der Waals surface area contributed by atoms with E-state index in [0.29, 0.717) is 0 Å². The van der Waals surface area contributed by atoms with Crippen LogP contribution in [0.2, 0.25) is 0 Å². The molecule has 0 bridgehead atoms. The molecule has 0 radical (unpaired) electrons. The van der Waals surface area contributed by atoms with Gasteiger partial charge in [0.05, 0.1) is 23.2 Å². The Kier molecular flexibility index (Phi) is 2.28. The lowest BCUT2D eigenvalue weighted by Crippen LogP contribution is -2.42. The first kappa shape index (κ1) is 8.80. The second-order valence-corrected chi connectivity index (χ2v) is 2.08. The molecule has 0 aromatic heterocycles. The van der Waals surface area contributed by atoms with E-state index in [0.717, 1.165) is 6.92 Å². The Morgan fingerprint density at radius 3 is 1.60 bits per heavy atom. The Labute approximate surface area is 57.1 Å². The van der Waals surface area contributed by atoms with Crippen molar-refractivity contribution in [3.05, 3.63) is 20.2 Å². The third kappa shape index (κ3) is 1.20. The zero-order chi connectivity index (χ0) is 8.36. The molecule has 0 aromatic rings. The largest absolute Gasteiger partial charge is 0.455 e. The SMILES string of the molecule is CCC(C)([N+](=O)[O-])[N+](=O)[O-]. The number of hydrogen-bond donors (Lipinski definition) is 0. The second kappa shape index (κ2) is 2.59. The Balaban J connectivity index is 4.55. The van der Waals surface area contributed by atoms with Crippen molar-refractivity contribution in [3.63, 3.8) is 0 Å².